The van der Waals surface area contributed by atoms with Crippen LogP contribution in [0.4, 0.5) is 0 Å². The predicted molar refractivity (Wildman–Crippen MR) is 97.1 cm³/mol. The van der Waals surface area contributed by atoms with Crippen molar-refractivity contribution >= 4 is 11.8 Å². The van der Waals surface area contributed by atoms with Crippen LogP contribution in [0.5, 0.6) is 0 Å². The quantitative estimate of drug-likeness (QED) is 0.285. The fourth-order valence-electron chi connectivity index (χ4n) is 3.30. The molecule has 1 rings (SSSR count). The number of hydrogen-bond acceptors (Lipinski definition) is 4. The number of hydrogen-bond donors (Lipinski definition) is 3. The Kier molecular flexibility index (Phi) is 10.3. The maximum Gasteiger partial charge on any atom is 0.303 e. The monoisotopic (exact) mass is 352 g/mol. The first-order valence-electron chi connectivity index (χ1n) is 9.39. The molecule has 25 heavy (non-hydrogen) atoms. The number of allylic oxidation sites excluding steroid dienone is 3. The second-order valence-electron chi connectivity index (χ2n) is 6.89. The van der Waals surface area contributed by atoms with Gasteiger partial charge in [-0.05, 0) is 37.7 Å². The lowest BCUT2D eigenvalue weighted by molar-refractivity contribution is -0.137. The van der Waals surface area contributed by atoms with Crippen LogP contribution < -0.4 is 0 Å². The fourth-order valence-corrected chi connectivity index (χ4v) is 3.30. The summed E-state index contributed by atoms with van der Waals surface area (Å²) in [5.74, 6) is -1.04. The molecular weight excluding hydrogens is 320 g/mol. The normalized spacial score (nSPS) is 26.7. The average molecular weight is 352 g/mol. The maximum atomic E-state index is 11.9. The zero-order valence-electron chi connectivity index (χ0n) is 15.1. The zero-order valence-corrected chi connectivity index (χ0v) is 15.1. The van der Waals surface area contributed by atoms with Gasteiger partial charge in [0.05, 0.1) is 12.2 Å². The van der Waals surface area contributed by atoms with Gasteiger partial charge in [0.25, 0.3) is 0 Å². The highest BCUT2D eigenvalue weighted by Crippen LogP contribution is 2.36. The number of rotatable bonds is 12. The summed E-state index contributed by atoms with van der Waals surface area (Å²) in [5, 5.41) is 28.9. The standard InChI is InChI=1S/C20H32O5/c1-2-3-6-9-15(21)12-13-17-16(18(22)14-19(17)23)10-7-4-5-8-11-20(24)25/h4,7,12-13,16-19,22-23H,2-3,5-6,8-11,14H2,1H3,(H,24,25)/b7-4?,13-12+/t16-,17+,18-,19+/m0/s1. The van der Waals surface area contributed by atoms with Gasteiger partial charge in [0.15, 0.2) is 5.78 Å². The van der Waals surface area contributed by atoms with Crippen molar-refractivity contribution in [2.45, 2.75) is 76.9 Å². The van der Waals surface area contributed by atoms with Gasteiger partial charge >= 0.3 is 5.97 Å². The Hall–Kier alpha value is -1.46. The molecule has 1 aliphatic carbocycles. The second-order valence-corrected chi connectivity index (χ2v) is 6.89. The molecule has 5 nitrogen and oxygen atoms in total. The number of unbranched alkanes of at least 4 members (excludes halogenated alkanes) is 3. The van der Waals surface area contributed by atoms with E-state index >= 15 is 0 Å². The van der Waals surface area contributed by atoms with Gasteiger partial charge in [-0.2, -0.15) is 0 Å². The average Bonchev–Trinajstić information content (AvgIpc) is 2.82. The summed E-state index contributed by atoms with van der Waals surface area (Å²) < 4.78 is 0. The topological polar surface area (TPSA) is 94.8 Å². The number of carboxylic acids is 1. The van der Waals surface area contributed by atoms with Crippen molar-refractivity contribution in [1.29, 1.82) is 0 Å². The van der Waals surface area contributed by atoms with Crippen molar-refractivity contribution in [3.05, 3.63) is 24.3 Å². The first kappa shape index (κ1) is 21.6. The highest BCUT2D eigenvalue weighted by molar-refractivity contribution is 5.89. The molecule has 1 aliphatic rings. The Morgan fingerprint density at radius 2 is 1.80 bits per heavy atom. The SMILES string of the molecule is CCCCCC(=O)/C=C/[C@@H]1[C@H](CC=CCCCC(=O)O)[C@@H](O)C[C@H]1O. The van der Waals surface area contributed by atoms with Gasteiger partial charge in [-0.15, -0.1) is 0 Å². The van der Waals surface area contributed by atoms with Crippen LogP contribution in [0.15, 0.2) is 24.3 Å². The number of carboxylic acid groups (broad SMARTS) is 1. The highest BCUT2D eigenvalue weighted by atomic mass is 16.4. The van der Waals surface area contributed by atoms with Crippen molar-refractivity contribution in [2.75, 3.05) is 0 Å². The minimum absolute atomic E-state index is 0.0741. The maximum absolute atomic E-state index is 11.9. The van der Waals surface area contributed by atoms with Gasteiger partial charge in [-0.1, -0.05) is 38.0 Å². The molecule has 0 aromatic carbocycles. The van der Waals surface area contributed by atoms with E-state index in [0.717, 1.165) is 19.3 Å². The molecule has 0 aliphatic heterocycles. The van der Waals surface area contributed by atoms with Crippen LogP contribution in [0.25, 0.3) is 0 Å². The Bertz CT molecular complexity index is 469. The minimum Gasteiger partial charge on any atom is -0.481 e. The Morgan fingerprint density at radius 1 is 1.04 bits per heavy atom. The van der Waals surface area contributed by atoms with Crippen LogP contribution in [-0.4, -0.2) is 39.3 Å². The third kappa shape index (κ3) is 8.45. The predicted octanol–water partition coefficient (Wildman–Crippen LogP) is 3.25. The summed E-state index contributed by atoms with van der Waals surface area (Å²) in [7, 11) is 0. The first-order chi connectivity index (χ1) is 12.0. The zero-order chi connectivity index (χ0) is 18.7. The van der Waals surface area contributed by atoms with Gasteiger partial charge in [0, 0.05) is 25.2 Å². The largest absolute Gasteiger partial charge is 0.481 e. The molecule has 0 saturated heterocycles. The van der Waals surface area contributed by atoms with E-state index < -0.39 is 18.2 Å². The number of aliphatic carboxylic acids is 1. The van der Waals surface area contributed by atoms with E-state index in [9.17, 15) is 19.8 Å². The first-order valence-corrected chi connectivity index (χ1v) is 9.39. The summed E-state index contributed by atoms with van der Waals surface area (Å²) >= 11 is 0. The number of ketones is 1. The van der Waals surface area contributed by atoms with Crippen molar-refractivity contribution in [1.82, 2.24) is 0 Å². The summed E-state index contributed by atoms with van der Waals surface area (Å²) in [6.45, 7) is 2.09. The molecule has 4 atom stereocenters. The van der Waals surface area contributed by atoms with E-state index in [1.807, 2.05) is 12.2 Å². The van der Waals surface area contributed by atoms with Crippen LogP contribution in [0.2, 0.25) is 0 Å². The number of aliphatic hydroxyl groups is 2. The van der Waals surface area contributed by atoms with Gasteiger partial charge in [0.2, 0.25) is 0 Å². The lowest BCUT2D eigenvalue weighted by Crippen LogP contribution is -2.20. The van der Waals surface area contributed by atoms with Crippen molar-refractivity contribution in [3.63, 3.8) is 0 Å². The van der Waals surface area contributed by atoms with E-state index in [4.69, 9.17) is 5.11 Å². The minimum atomic E-state index is -0.795. The molecule has 1 saturated carbocycles. The number of carbonyl (C=O) groups excluding carboxylic acids is 1. The molecule has 5 heteroatoms. The van der Waals surface area contributed by atoms with Crippen LogP contribution in [0.1, 0.15) is 64.7 Å². The smallest absolute Gasteiger partial charge is 0.303 e. The lowest BCUT2D eigenvalue weighted by atomic mass is 9.89. The number of carbonyl (C=O) groups is 2. The molecule has 3 N–H and O–H groups in total. The van der Waals surface area contributed by atoms with Crippen LogP contribution in [0, 0.1) is 11.8 Å². The molecule has 0 amide bonds. The summed E-state index contributed by atoms with van der Waals surface area (Å²) in [4.78, 5) is 22.3. The van der Waals surface area contributed by atoms with Crippen LogP contribution in [0.3, 0.4) is 0 Å². The molecule has 0 heterocycles. The molecule has 1 fully saturated rings. The second kappa shape index (κ2) is 12.0. The van der Waals surface area contributed by atoms with Crippen molar-refractivity contribution in [3.8, 4) is 0 Å². The lowest BCUT2D eigenvalue weighted by Gasteiger charge is -2.19. The summed E-state index contributed by atoms with van der Waals surface area (Å²) in [5.41, 5.74) is 0. The molecule has 0 aromatic heterocycles. The summed E-state index contributed by atoms with van der Waals surface area (Å²) in [6.07, 6.45) is 11.9. The Labute approximate surface area is 150 Å². The molecule has 0 unspecified atom stereocenters. The van der Waals surface area contributed by atoms with E-state index in [-0.39, 0.29) is 24.0 Å². The van der Waals surface area contributed by atoms with E-state index in [1.165, 1.54) is 0 Å². The highest BCUT2D eigenvalue weighted by Gasteiger charge is 2.39. The van der Waals surface area contributed by atoms with Crippen molar-refractivity contribution in [2.24, 2.45) is 11.8 Å². The molecular formula is C20H32O5. The number of aliphatic hydroxyl groups excluding tert-OH is 2. The van der Waals surface area contributed by atoms with Crippen molar-refractivity contribution < 1.29 is 24.9 Å². The Morgan fingerprint density at radius 3 is 2.48 bits per heavy atom. The van der Waals surface area contributed by atoms with Gasteiger partial charge < -0.3 is 15.3 Å². The Balaban J connectivity index is 2.48. The molecule has 0 spiro atoms. The molecule has 142 valence electrons. The summed E-state index contributed by atoms with van der Waals surface area (Å²) in [6, 6.07) is 0. The van der Waals surface area contributed by atoms with Crippen LogP contribution in [-0.2, 0) is 9.59 Å². The van der Waals surface area contributed by atoms with E-state index in [2.05, 4.69) is 6.92 Å². The van der Waals surface area contributed by atoms with Crippen LogP contribution >= 0.6 is 0 Å². The van der Waals surface area contributed by atoms with E-state index in [0.29, 0.717) is 32.1 Å². The third-order valence-electron chi connectivity index (χ3n) is 4.78. The fraction of sp³-hybridized carbons (Fsp3) is 0.700. The molecule has 0 aromatic rings. The molecule has 0 radical (unpaired) electrons. The van der Waals surface area contributed by atoms with Gasteiger partial charge in [-0.3, -0.25) is 9.59 Å². The van der Waals surface area contributed by atoms with Gasteiger partial charge in [0.1, 0.15) is 0 Å². The van der Waals surface area contributed by atoms with Gasteiger partial charge in [-0.25, -0.2) is 0 Å². The molecule has 0 bridgehead atoms. The van der Waals surface area contributed by atoms with E-state index in [1.54, 1.807) is 12.2 Å². The third-order valence-corrected chi connectivity index (χ3v) is 4.78.